The Bertz CT molecular complexity index is 1480. The van der Waals surface area contributed by atoms with E-state index in [9.17, 15) is 26.0 Å². The lowest BCUT2D eigenvalue weighted by molar-refractivity contribution is 0.102. The molecule has 0 spiro atoms. The molecule has 2 N–H and O–H groups in total. The van der Waals surface area contributed by atoms with Crippen LogP contribution in [0, 0.1) is 12.7 Å². The summed E-state index contributed by atoms with van der Waals surface area (Å²) in [6, 6.07) is 14.9. The minimum absolute atomic E-state index is 0.0449. The standard InChI is InChI=1S/C26H28FN3O5S2/c1-19-6-13-24(37(34,35)30-16-4-2-3-5-17-30)18-25(19)26(31)28-21-11-14-23(15-12-21)36(32,33)29-22-9-7-20(27)8-10-22/h6-15,18,29H,2-5,16-17H2,1H3,(H,28,31). The molecule has 1 aliphatic rings. The van der Waals surface area contributed by atoms with Crippen LogP contribution in [0.4, 0.5) is 15.8 Å². The molecule has 1 fully saturated rings. The molecule has 0 saturated carbocycles. The lowest BCUT2D eigenvalue weighted by atomic mass is 10.1. The molecule has 0 radical (unpaired) electrons. The van der Waals surface area contributed by atoms with Crippen LogP contribution in [-0.2, 0) is 20.0 Å². The van der Waals surface area contributed by atoms with E-state index in [-0.39, 0.29) is 21.0 Å². The number of amides is 1. The Balaban J connectivity index is 1.49. The molecule has 1 aliphatic heterocycles. The third-order valence-corrected chi connectivity index (χ3v) is 9.47. The van der Waals surface area contributed by atoms with Gasteiger partial charge in [-0.3, -0.25) is 9.52 Å². The molecule has 196 valence electrons. The molecule has 4 rings (SSSR count). The summed E-state index contributed by atoms with van der Waals surface area (Å²) >= 11 is 0. The van der Waals surface area contributed by atoms with Crippen molar-refractivity contribution < 1.29 is 26.0 Å². The number of halogens is 1. The first-order chi connectivity index (χ1) is 17.6. The molecule has 0 unspecified atom stereocenters. The number of nitrogens with one attached hydrogen (secondary N) is 2. The molecule has 0 aliphatic carbocycles. The van der Waals surface area contributed by atoms with E-state index in [1.807, 2.05) is 0 Å². The van der Waals surface area contributed by atoms with Crippen LogP contribution in [-0.4, -0.2) is 40.1 Å². The Morgan fingerprint density at radius 3 is 1.97 bits per heavy atom. The summed E-state index contributed by atoms with van der Waals surface area (Å²) in [5.41, 5.74) is 1.37. The summed E-state index contributed by atoms with van der Waals surface area (Å²) in [5.74, 6) is -0.992. The number of anilines is 2. The van der Waals surface area contributed by atoms with Crippen molar-refractivity contribution in [2.75, 3.05) is 23.1 Å². The summed E-state index contributed by atoms with van der Waals surface area (Å²) in [6.07, 6.45) is 3.61. The van der Waals surface area contributed by atoms with Crippen LogP contribution in [0.2, 0.25) is 0 Å². The average molecular weight is 546 g/mol. The predicted molar refractivity (Wildman–Crippen MR) is 140 cm³/mol. The van der Waals surface area contributed by atoms with E-state index in [0.717, 1.165) is 37.8 Å². The van der Waals surface area contributed by atoms with Gasteiger partial charge in [0.2, 0.25) is 10.0 Å². The largest absolute Gasteiger partial charge is 0.322 e. The van der Waals surface area contributed by atoms with Crippen molar-refractivity contribution in [1.29, 1.82) is 0 Å². The maximum atomic E-state index is 13.2. The van der Waals surface area contributed by atoms with Crippen LogP contribution in [0.15, 0.2) is 76.5 Å². The lowest BCUT2D eigenvalue weighted by Crippen LogP contribution is -2.32. The van der Waals surface area contributed by atoms with Crippen molar-refractivity contribution in [3.63, 3.8) is 0 Å². The first-order valence-corrected chi connectivity index (χ1v) is 14.8. The van der Waals surface area contributed by atoms with E-state index in [1.165, 1.54) is 52.8 Å². The Morgan fingerprint density at radius 2 is 1.35 bits per heavy atom. The summed E-state index contributed by atoms with van der Waals surface area (Å²) < 4.78 is 68.5. The van der Waals surface area contributed by atoms with Crippen molar-refractivity contribution in [3.8, 4) is 0 Å². The Labute approximate surface area is 216 Å². The van der Waals surface area contributed by atoms with Gasteiger partial charge in [0.1, 0.15) is 5.82 Å². The van der Waals surface area contributed by atoms with Gasteiger partial charge >= 0.3 is 0 Å². The SMILES string of the molecule is Cc1ccc(S(=O)(=O)N2CCCCCC2)cc1C(=O)Nc1ccc(S(=O)(=O)Nc2ccc(F)cc2)cc1. The molecule has 1 saturated heterocycles. The van der Waals surface area contributed by atoms with Gasteiger partial charge in [-0.2, -0.15) is 4.31 Å². The van der Waals surface area contributed by atoms with Crippen LogP contribution in [0.3, 0.4) is 0 Å². The normalized spacial score (nSPS) is 15.1. The highest BCUT2D eigenvalue weighted by molar-refractivity contribution is 7.92. The zero-order chi connectivity index (χ0) is 26.6. The van der Waals surface area contributed by atoms with E-state index >= 15 is 0 Å². The fraction of sp³-hybridized carbons (Fsp3) is 0.269. The molecule has 37 heavy (non-hydrogen) atoms. The Kier molecular flexibility index (Phi) is 7.96. The summed E-state index contributed by atoms with van der Waals surface area (Å²) in [6.45, 7) is 2.64. The van der Waals surface area contributed by atoms with Gasteiger partial charge in [-0.05, 0) is 86.0 Å². The summed E-state index contributed by atoms with van der Waals surface area (Å²) in [5, 5.41) is 2.70. The molecular formula is C26H28FN3O5S2. The summed E-state index contributed by atoms with van der Waals surface area (Å²) in [4.78, 5) is 13.0. The molecule has 3 aromatic rings. The maximum absolute atomic E-state index is 13.2. The fourth-order valence-corrected chi connectivity index (χ4v) is 6.69. The van der Waals surface area contributed by atoms with Crippen molar-refractivity contribution in [3.05, 3.63) is 83.7 Å². The minimum atomic E-state index is -3.92. The molecule has 0 bridgehead atoms. The molecule has 0 aromatic heterocycles. The van der Waals surface area contributed by atoms with Gasteiger partial charge in [0.05, 0.1) is 9.79 Å². The van der Waals surface area contributed by atoms with Crippen LogP contribution in [0.25, 0.3) is 0 Å². The molecule has 0 atom stereocenters. The van der Waals surface area contributed by atoms with E-state index in [2.05, 4.69) is 10.0 Å². The Morgan fingerprint density at radius 1 is 0.784 bits per heavy atom. The van der Waals surface area contributed by atoms with Crippen LogP contribution < -0.4 is 10.0 Å². The lowest BCUT2D eigenvalue weighted by Gasteiger charge is -2.20. The number of hydrogen-bond donors (Lipinski definition) is 2. The number of sulfonamides is 2. The fourth-order valence-electron chi connectivity index (χ4n) is 4.09. The van der Waals surface area contributed by atoms with Gasteiger partial charge in [-0.15, -0.1) is 0 Å². The number of carbonyl (C=O) groups is 1. The number of aryl methyl sites for hydroxylation is 1. The zero-order valence-corrected chi connectivity index (χ0v) is 21.9. The number of nitrogens with zero attached hydrogens (tertiary/aromatic N) is 1. The molecular weight excluding hydrogens is 517 g/mol. The van der Waals surface area contributed by atoms with Gasteiger partial charge in [0.15, 0.2) is 0 Å². The van der Waals surface area contributed by atoms with Gasteiger partial charge in [0.25, 0.3) is 15.9 Å². The smallest absolute Gasteiger partial charge is 0.261 e. The van der Waals surface area contributed by atoms with Crippen molar-refractivity contribution >= 4 is 37.3 Å². The zero-order valence-electron chi connectivity index (χ0n) is 20.3. The first-order valence-electron chi connectivity index (χ1n) is 11.9. The maximum Gasteiger partial charge on any atom is 0.261 e. The first kappa shape index (κ1) is 26.8. The van der Waals surface area contributed by atoms with Gasteiger partial charge < -0.3 is 5.32 Å². The van der Waals surface area contributed by atoms with Crippen molar-refractivity contribution in [1.82, 2.24) is 4.31 Å². The van der Waals surface area contributed by atoms with Gasteiger partial charge in [0, 0.05) is 30.0 Å². The second-order valence-corrected chi connectivity index (χ2v) is 12.5. The van der Waals surface area contributed by atoms with Crippen LogP contribution in [0.1, 0.15) is 41.6 Å². The van der Waals surface area contributed by atoms with E-state index in [0.29, 0.717) is 24.3 Å². The number of carbonyl (C=O) groups excluding carboxylic acids is 1. The van der Waals surface area contributed by atoms with Crippen molar-refractivity contribution in [2.24, 2.45) is 0 Å². The quantitative estimate of drug-likeness (QED) is 0.445. The van der Waals surface area contributed by atoms with Crippen LogP contribution in [0.5, 0.6) is 0 Å². The summed E-state index contributed by atoms with van der Waals surface area (Å²) in [7, 11) is -7.64. The van der Waals surface area contributed by atoms with E-state index < -0.39 is 31.8 Å². The third-order valence-electron chi connectivity index (χ3n) is 6.18. The number of rotatable bonds is 7. The highest BCUT2D eigenvalue weighted by Crippen LogP contribution is 2.24. The highest BCUT2D eigenvalue weighted by Gasteiger charge is 2.26. The minimum Gasteiger partial charge on any atom is -0.322 e. The molecule has 1 heterocycles. The van der Waals surface area contributed by atoms with E-state index in [4.69, 9.17) is 0 Å². The van der Waals surface area contributed by atoms with E-state index in [1.54, 1.807) is 13.0 Å². The predicted octanol–water partition coefficient (Wildman–Crippen LogP) is 4.75. The molecule has 8 nitrogen and oxygen atoms in total. The second kappa shape index (κ2) is 11.0. The van der Waals surface area contributed by atoms with Crippen molar-refractivity contribution in [2.45, 2.75) is 42.4 Å². The second-order valence-electron chi connectivity index (χ2n) is 8.89. The topological polar surface area (TPSA) is 113 Å². The molecule has 11 heteroatoms. The third kappa shape index (κ3) is 6.35. The average Bonchev–Trinajstić information content (AvgIpc) is 3.16. The molecule has 3 aromatic carbocycles. The molecule has 1 amide bonds. The Hall–Kier alpha value is -3.28. The van der Waals surface area contributed by atoms with Gasteiger partial charge in [-0.1, -0.05) is 18.9 Å². The number of hydrogen-bond acceptors (Lipinski definition) is 5. The highest BCUT2D eigenvalue weighted by atomic mass is 32.2. The van der Waals surface area contributed by atoms with Gasteiger partial charge in [-0.25, -0.2) is 21.2 Å². The number of benzene rings is 3. The monoisotopic (exact) mass is 545 g/mol. The van der Waals surface area contributed by atoms with Crippen LogP contribution >= 0.6 is 0 Å².